The standard InChI is InChI=1S/C15H27N5O/c1-8-11-18-12(16-7)9(2)13(19-11)17-10(3)14(21)20-15(4,5)6/h10H,8H2,1-7H3,(H,20,21)(H2,16,17,18,19). The zero-order valence-corrected chi connectivity index (χ0v) is 14.1. The third-order valence-corrected chi connectivity index (χ3v) is 2.99. The molecule has 1 aromatic rings. The molecule has 1 atom stereocenters. The molecule has 3 N–H and O–H groups in total. The summed E-state index contributed by atoms with van der Waals surface area (Å²) in [5, 5.41) is 9.19. The maximum absolute atomic E-state index is 12.2. The van der Waals surface area contributed by atoms with Gasteiger partial charge >= 0.3 is 0 Å². The van der Waals surface area contributed by atoms with E-state index in [-0.39, 0.29) is 17.5 Å². The highest BCUT2D eigenvalue weighted by molar-refractivity contribution is 5.84. The lowest BCUT2D eigenvalue weighted by Crippen LogP contribution is -2.47. The Morgan fingerprint density at radius 1 is 1.24 bits per heavy atom. The maximum Gasteiger partial charge on any atom is 0.242 e. The summed E-state index contributed by atoms with van der Waals surface area (Å²) in [7, 11) is 1.83. The Kier molecular flexibility index (Phi) is 5.52. The van der Waals surface area contributed by atoms with Crippen LogP contribution in [0.1, 0.15) is 46.0 Å². The number of rotatable bonds is 5. The van der Waals surface area contributed by atoms with E-state index < -0.39 is 0 Å². The summed E-state index contributed by atoms with van der Waals surface area (Å²) in [5.41, 5.74) is 0.656. The minimum absolute atomic E-state index is 0.0513. The monoisotopic (exact) mass is 293 g/mol. The Bertz CT molecular complexity index is 508. The molecule has 0 saturated carbocycles. The lowest BCUT2D eigenvalue weighted by atomic mass is 10.1. The molecule has 0 saturated heterocycles. The molecule has 6 nitrogen and oxygen atoms in total. The summed E-state index contributed by atoms with van der Waals surface area (Å²) >= 11 is 0. The van der Waals surface area contributed by atoms with Gasteiger partial charge in [0.1, 0.15) is 23.5 Å². The van der Waals surface area contributed by atoms with Crippen LogP contribution in [0, 0.1) is 6.92 Å². The van der Waals surface area contributed by atoms with E-state index in [0.717, 1.165) is 23.6 Å². The fourth-order valence-corrected chi connectivity index (χ4v) is 1.85. The van der Waals surface area contributed by atoms with Crippen molar-refractivity contribution in [3.8, 4) is 0 Å². The highest BCUT2D eigenvalue weighted by Crippen LogP contribution is 2.20. The van der Waals surface area contributed by atoms with Crippen molar-refractivity contribution in [2.45, 2.75) is 59.5 Å². The summed E-state index contributed by atoms with van der Waals surface area (Å²) in [4.78, 5) is 21.0. The average Bonchev–Trinajstić information content (AvgIpc) is 2.38. The van der Waals surface area contributed by atoms with Gasteiger partial charge in [-0.3, -0.25) is 4.79 Å². The molecule has 0 aliphatic carbocycles. The van der Waals surface area contributed by atoms with Crippen LogP contribution in [0.5, 0.6) is 0 Å². The zero-order chi connectivity index (χ0) is 16.2. The van der Waals surface area contributed by atoms with E-state index >= 15 is 0 Å². The maximum atomic E-state index is 12.2. The lowest BCUT2D eigenvalue weighted by molar-refractivity contribution is -0.122. The molecule has 1 unspecified atom stereocenters. The second kappa shape index (κ2) is 6.74. The smallest absolute Gasteiger partial charge is 0.242 e. The quantitative estimate of drug-likeness (QED) is 0.775. The first-order chi connectivity index (χ1) is 9.67. The number of hydrogen-bond donors (Lipinski definition) is 3. The topological polar surface area (TPSA) is 78.9 Å². The second-order valence-corrected chi connectivity index (χ2v) is 6.17. The fraction of sp³-hybridized carbons (Fsp3) is 0.667. The third-order valence-electron chi connectivity index (χ3n) is 2.99. The molecule has 6 heteroatoms. The Morgan fingerprint density at radius 3 is 2.29 bits per heavy atom. The lowest BCUT2D eigenvalue weighted by Gasteiger charge is -2.24. The Balaban J connectivity index is 2.94. The van der Waals surface area contributed by atoms with Crippen LogP contribution < -0.4 is 16.0 Å². The van der Waals surface area contributed by atoms with Gasteiger partial charge in [0.2, 0.25) is 5.91 Å². The minimum Gasteiger partial charge on any atom is -0.373 e. The molecule has 0 radical (unpaired) electrons. The fourth-order valence-electron chi connectivity index (χ4n) is 1.85. The van der Waals surface area contributed by atoms with Crippen LogP contribution in [0.3, 0.4) is 0 Å². The molecule has 0 aromatic carbocycles. The van der Waals surface area contributed by atoms with Gasteiger partial charge < -0.3 is 16.0 Å². The van der Waals surface area contributed by atoms with Gasteiger partial charge in [-0.2, -0.15) is 0 Å². The Labute approximate surface area is 127 Å². The molecule has 1 amide bonds. The summed E-state index contributed by atoms with van der Waals surface area (Å²) in [6.07, 6.45) is 0.742. The van der Waals surface area contributed by atoms with Gasteiger partial charge in [-0.1, -0.05) is 6.92 Å². The van der Waals surface area contributed by atoms with Crippen LogP contribution in [-0.2, 0) is 11.2 Å². The number of hydrogen-bond acceptors (Lipinski definition) is 5. The van der Waals surface area contributed by atoms with E-state index in [2.05, 4.69) is 25.9 Å². The zero-order valence-electron chi connectivity index (χ0n) is 14.1. The normalized spacial score (nSPS) is 12.7. The van der Waals surface area contributed by atoms with Crippen molar-refractivity contribution in [1.82, 2.24) is 15.3 Å². The highest BCUT2D eigenvalue weighted by Gasteiger charge is 2.20. The molecule has 1 rings (SSSR count). The van der Waals surface area contributed by atoms with Gasteiger partial charge in [-0.05, 0) is 34.6 Å². The van der Waals surface area contributed by atoms with E-state index in [1.807, 2.05) is 48.6 Å². The van der Waals surface area contributed by atoms with Crippen molar-refractivity contribution in [2.75, 3.05) is 17.7 Å². The number of nitrogens with zero attached hydrogens (tertiary/aromatic N) is 2. The summed E-state index contributed by atoms with van der Waals surface area (Å²) in [6.45, 7) is 11.6. The molecule has 0 spiro atoms. The molecule has 0 bridgehead atoms. The molecular formula is C15H27N5O. The average molecular weight is 293 g/mol. The summed E-state index contributed by atoms with van der Waals surface area (Å²) < 4.78 is 0. The number of nitrogens with one attached hydrogen (secondary N) is 3. The van der Waals surface area contributed by atoms with Crippen molar-refractivity contribution >= 4 is 17.5 Å². The molecule has 1 aromatic heterocycles. The molecule has 0 aliphatic heterocycles. The van der Waals surface area contributed by atoms with Crippen LogP contribution in [0.2, 0.25) is 0 Å². The second-order valence-electron chi connectivity index (χ2n) is 6.17. The van der Waals surface area contributed by atoms with Gasteiger partial charge in [0.15, 0.2) is 0 Å². The predicted molar refractivity (Wildman–Crippen MR) is 86.7 cm³/mol. The van der Waals surface area contributed by atoms with Gasteiger partial charge in [0.05, 0.1) is 0 Å². The van der Waals surface area contributed by atoms with Crippen LogP contribution in [-0.4, -0.2) is 34.5 Å². The number of aromatic nitrogens is 2. The number of carbonyl (C=O) groups is 1. The van der Waals surface area contributed by atoms with Gasteiger partial charge in [-0.25, -0.2) is 9.97 Å². The first kappa shape index (κ1) is 17.2. The molecule has 118 valence electrons. The molecule has 0 fully saturated rings. The molecule has 0 aliphatic rings. The molecular weight excluding hydrogens is 266 g/mol. The predicted octanol–water partition coefficient (Wildman–Crippen LogP) is 2.10. The van der Waals surface area contributed by atoms with Crippen LogP contribution in [0.25, 0.3) is 0 Å². The minimum atomic E-state index is -0.368. The van der Waals surface area contributed by atoms with Crippen molar-refractivity contribution in [3.63, 3.8) is 0 Å². The summed E-state index contributed by atoms with van der Waals surface area (Å²) in [5.74, 6) is 2.18. The third kappa shape index (κ3) is 4.88. The van der Waals surface area contributed by atoms with E-state index in [4.69, 9.17) is 0 Å². The van der Waals surface area contributed by atoms with Crippen molar-refractivity contribution in [3.05, 3.63) is 11.4 Å². The number of aryl methyl sites for hydroxylation is 1. The first-order valence-corrected chi connectivity index (χ1v) is 7.31. The van der Waals surface area contributed by atoms with E-state index in [0.29, 0.717) is 5.82 Å². The first-order valence-electron chi connectivity index (χ1n) is 7.31. The van der Waals surface area contributed by atoms with Crippen molar-refractivity contribution in [1.29, 1.82) is 0 Å². The number of anilines is 2. The van der Waals surface area contributed by atoms with Crippen molar-refractivity contribution < 1.29 is 4.79 Å². The van der Waals surface area contributed by atoms with Gasteiger partial charge in [0.25, 0.3) is 0 Å². The van der Waals surface area contributed by atoms with E-state index in [1.54, 1.807) is 0 Å². The number of carbonyl (C=O) groups excluding carboxylic acids is 1. The summed E-state index contributed by atoms with van der Waals surface area (Å²) in [6, 6.07) is -0.368. The van der Waals surface area contributed by atoms with E-state index in [1.165, 1.54) is 0 Å². The number of amides is 1. The SMILES string of the molecule is CCc1nc(NC)c(C)c(NC(C)C(=O)NC(C)(C)C)n1. The van der Waals surface area contributed by atoms with Crippen LogP contribution in [0.4, 0.5) is 11.6 Å². The van der Waals surface area contributed by atoms with Gasteiger partial charge in [0, 0.05) is 24.6 Å². The van der Waals surface area contributed by atoms with Gasteiger partial charge in [-0.15, -0.1) is 0 Å². The van der Waals surface area contributed by atoms with E-state index in [9.17, 15) is 4.79 Å². The highest BCUT2D eigenvalue weighted by atomic mass is 16.2. The largest absolute Gasteiger partial charge is 0.373 e. The van der Waals surface area contributed by atoms with Crippen LogP contribution >= 0.6 is 0 Å². The molecule has 1 heterocycles. The van der Waals surface area contributed by atoms with Crippen LogP contribution in [0.15, 0.2) is 0 Å². The Morgan fingerprint density at radius 2 is 1.81 bits per heavy atom. The molecule has 21 heavy (non-hydrogen) atoms. The van der Waals surface area contributed by atoms with Crippen molar-refractivity contribution in [2.24, 2.45) is 0 Å². The Hall–Kier alpha value is -1.85.